The van der Waals surface area contributed by atoms with Crippen LogP contribution in [0.2, 0.25) is 0 Å². The Balaban J connectivity index is 2.75. The Morgan fingerprint density at radius 3 is 2.38 bits per heavy atom. The molecular weight excluding hydrogens is 318 g/mol. The highest BCUT2D eigenvalue weighted by Gasteiger charge is 2.21. The first-order valence-corrected chi connectivity index (χ1v) is 7.76. The summed E-state index contributed by atoms with van der Waals surface area (Å²) < 4.78 is 32.0. The molecule has 0 radical (unpaired) electrons. The van der Waals surface area contributed by atoms with Crippen molar-refractivity contribution < 1.29 is 22.9 Å². The van der Waals surface area contributed by atoms with Gasteiger partial charge in [-0.1, -0.05) is 24.3 Å². The SMILES string of the molecule is CC(Cl)C(=O)Nc1c(O)cc(S(=O)(=O)O)c2ccccc12. The Labute approximate surface area is 126 Å². The number of benzene rings is 2. The molecule has 0 fully saturated rings. The number of carbonyl (C=O) groups is 1. The van der Waals surface area contributed by atoms with E-state index in [4.69, 9.17) is 11.6 Å². The molecule has 2 aromatic rings. The van der Waals surface area contributed by atoms with Crippen LogP contribution in [0, 0.1) is 0 Å². The summed E-state index contributed by atoms with van der Waals surface area (Å²) in [5.41, 5.74) is 0.0375. The van der Waals surface area contributed by atoms with E-state index in [1.54, 1.807) is 12.1 Å². The van der Waals surface area contributed by atoms with Crippen molar-refractivity contribution in [2.24, 2.45) is 0 Å². The number of phenols is 1. The quantitative estimate of drug-likeness (QED) is 0.455. The number of anilines is 1. The van der Waals surface area contributed by atoms with Gasteiger partial charge in [-0.15, -0.1) is 11.6 Å². The minimum Gasteiger partial charge on any atom is -0.506 e. The van der Waals surface area contributed by atoms with Crippen molar-refractivity contribution in [3.05, 3.63) is 30.3 Å². The molecule has 21 heavy (non-hydrogen) atoms. The molecule has 8 heteroatoms. The zero-order valence-corrected chi connectivity index (χ0v) is 12.4. The number of hydrogen-bond acceptors (Lipinski definition) is 4. The van der Waals surface area contributed by atoms with Crippen molar-refractivity contribution in [1.82, 2.24) is 0 Å². The minimum absolute atomic E-state index is 0.0375. The van der Waals surface area contributed by atoms with Gasteiger partial charge in [0.15, 0.2) is 0 Å². The molecule has 0 bridgehead atoms. The first kappa shape index (κ1) is 15.6. The fourth-order valence-corrected chi connectivity index (χ4v) is 2.67. The molecule has 0 saturated heterocycles. The zero-order chi connectivity index (χ0) is 15.8. The molecule has 1 atom stereocenters. The van der Waals surface area contributed by atoms with Gasteiger partial charge >= 0.3 is 0 Å². The molecule has 2 rings (SSSR count). The third kappa shape index (κ3) is 3.10. The number of amides is 1. The molecule has 1 unspecified atom stereocenters. The average Bonchev–Trinajstić information content (AvgIpc) is 2.40. The van der Waals surface area contributed by atoms with Crippen LogP contribution in [0.25, 0.3) is 10.8 Å². The van der Waals surface area contributed by atoms with E-state index in [1.165, 1.54) is 19.1 Å². The lowest BCUT2D eigenvalue weighted by atomic mass is 10.1. The van der Waals surface area contributed by atoms with Gasteiger partial charge in [0, 0.05) is 16.8 Å². The largest absolute Gasteiger partial charge is 0.506 e. The number of nitrogens with one attached hydrogen (secondary N) is 1. The topological polar surface area (TPSA) is 104 Å². The van der Waals surface area contributed by atoms with E-state index in [-0.39, 0.29) is 16.5 Å². The lowest BCUT2D eigenvalue weighted by Crippen LogP contribution is -2.20. The van der Waals surface area contributed by atoms with Gasteiger partial charge in [-0.25, -0.2) is 0 Å². The Morgan fingerprint density at radius 1 is 1.29 bits per heavy atom. The zero-order valence-electron chi connectivity index (χ0n) is 10.9. The normalized spacial score (nSPS) is 13.1. The summed E-state index contributed by atoms with van der Waals surface area (Å²) in [5.74, 6) is -1.02. The highest BCUT2D eigenvalue weighted by molar-refractivity contribution is 7.86. The van der Waals surface area contributed by atoms with E-state index in [1.807, 2.05) is 0 Å². The van der Waals surface area contributed by atoms with Gasteiger partial charge in [-0.2, -0.15) is 8.42 Å². The highest BCUT2D eigenvalue weighted by Crippen LogP contribution is 2.37. The third-order valence-corrected chi connectivity index (χ3v) is 3.96. The molecule has 3 N–H and O–H groups in total. The van der Waals surface area contributed by atoms with Crippen molar-refractivity contribution in [3.63, 3.8) is 0 Å². The fraction of sp³-hybridized carbons (Fsp3) is 0.154. The van der Waals surface area contributed by atoms with E-state index in [0.29, 0.717) is 0 Å². The summed E-state index contributed by atoms with van der Waals surface area (Å²) >= 11 is 5.66. The van der Waals surface area contributed by atoms with Gasteiger partial charge < -0.3 is 10.4 Å². The summed E-state index contributed by atoms with van der Waals surface area (Å²) in [6, 6.07) is 7.03. The molecule has 0 aliphatic heterocycles. The highest BCUT2D eigenvalue weighted by atomic mass is 35.5. The lowest BCUT2D eigenvalue weighted by Gasteiger charge is -2.13. The van der Waals surface area contributed by atoms with E-state index >= 15 is 0 Å². The van der Waals surface area contributed by atoms with Crippen LogP contribution in [-0.2, 0) is 14.9 Å². The first-order valence-electron chi connectivity index (χ1n) is 5.89. The maximum absolute atomic E-state index is 11.7. The van der Waals surface area contributed by atoms with Crippen molar-refractivity contribution >= 4 is 44.1 Å². The monoisotopic (exact) mass is 329 g/mol. The van der Waals surface area contributed by atoms with Crippen LogP contribution in [0.4, 0.5) is 5.69 Å². The van der Waals surface area contributed by atoms with Crippen molar-refractivity contribution in [1.29, 1.82) is 0 Å². The second-order valence-electron chi connectivity index (χ2n) is 4.39. The van der Waals surface area contributed by atoms with Crippen LogP contribution in [-0.4, -0.2) is 29.4 Å². The molecule has 0 heterocycles. The van der Waals surface area contributed by atoms with Crippen molar-refractivity contribution in [2.45, 2.75) is 17.2 Å². The number of phenolic OH excluding ortho intramolecular Hbond substituents is 1. The van der Waals surface area contributed by atoms with E-state index < -0.39 is 32.0 Å². The molecule has 0 aliphatic rings. The molecule has 0 aliphatic carbocycles. The van der Waals surface area contributed by atoms with Crippen LogP contribution >= 0.6 is 11.6 Å². The second-order valence-corrected chi connectivity index (χ2v) is 6.44. The number of halogens is 1. The molecule has 0 saturated carbocycles. The number of alkyl halides is 1. The second kappa shape index (κ2) is 5.51. The predicted octanol–water partition coefficient (Wildman–Crippen LogP) is 2.36. The van der Waals surface area contributed by atoms with Crippen molar-refractivity contribution in [3.8, 4) is 5.75 Å². The fourth-order valence-electron chi connectivity index (χ4n) is 1.90. The van der Waals surface area contributed by atoms with Gasteiger partial charge in [0.05, 0.1) is 5.69 Å². The Bertz CT molecular complexity index is 817. The minimum atomic E-state index is -4.51. The maximum Gasteiger partial charge on any atom is 0.295 e. The number of aromatic hydroxyl groups is 1. The molecule has 2 aromatic carbocycles. The summed E-state index contributed by atoms with van der Waals surface area (Å²) in [5, 5.41) is 12.0. The molecule has 6 nitrogen and oxygen atoms in total. The van der Waals surface area contributed by atoms with E-state index in [2.05, 4.69) is 5.32 Å². The summed E-state index contributed by atoms with van der Waals surface area (Å²) in [6.07, 6.45) is 0. The molecule has 0 spiro atoms. The van der Waals surface area contributed by atoms with Gasteiger partial charge in [0.1, 0.15) is 16.0 Å². The Kier molecular flexibility index (Phi) is 4.08. The van der Waals surface area contributed by atoms with Gasteiger partial charge in [0.25, 0.3) is 10.1 Å². The average molecular weight is 330 g/mol. The molecule has 112 valence electrons. The molecule has 0 aromatic heterocycles. The van der Waals surface area contributed by atoms with Crippen LogP contribution in [0.5, 0.6) is 5.75 Å². The number of fused-ring (bicyclic) bond motifs is 1. The van der Waals surface area contributed by atoms with Crippen LogP contribution in [0.1, 0.15) is 6.92 Å². The van der Waals surface area contributed by atoms with Crippen LogP contribution < -0.4 is 5.32 Å². The Morgan fingerprint density at radius 2 is 1.86 bits per heavy atom. The van der Waals surface area contributed by atoms with Gasteiger partial charge in [-0.05, 0) is 6.92 Å². The summed E-state index contributed by atoms with van der Waals surface area (Å²) in [6.45, 7) is 1.46. The third-order valence-electron chi connectivity index (χ3n) is 2.87. The van der Waals surface area contributed by atoms with Crippen LogP contribution in [0.3, 0.4) is 0 Å². The standard InChI is InChI=1S/C13H12ClNO5S/c1-7(14)13(17)15-12-9-5-3-2-4-8(9)11(6-10(12)16)21(18,19)20/h2-7,16H,1H3,(H,15,17)(H,18,19,20). The summed E-state index contributed by atoms with van der Waals surface area (Å²) in [7, 11) is -4.51. The Hall–Kier alpha value is -1.83. The maximum atomic E-state index is 11.7. The predicted molar refractivity (Wildman–Crippen MR) is 79.4 cm³/mol. The lowest BCUT2D eigenvalue weighted by molar-refractivity contribution is -0.115. The van der Waals surface area contributed by atoms with E-state index in [0.717, 1.165) is 6.07 Å². The number of carbonyl (C=O) groups excluding carboxylic acids is 1. The van der Waals surface area contributed by atoms with Crippen LogP contribution in [0.15, 0.2) is 35.2 Å². The summed E-state index contributed by atoms with van der Waals surface area (Å²) in [4.78, 5) is 11.2. The van der Waals surface area contributed by atoms with Gasteiger partial charge in [0.2, 0.25) is 5.91 Å². The smallest absolute Gasteiger partial charge is 0.295 e. The number of rotatable bonds is 3. The number of hydrogen-bond donors (Lipinski definition) is 3. The van der Waals surface area contributed by atoms with E-state index in [9.17, 15) is 22.9 Å². The molecule has 1 amide bonds. The van der Waals surface area contributed by atoms with Gasteiger partial charge in [-0.3, -0.25) is 9.35 Å². The molecular formula is C13H12ClNO5S. The van der Waals surface area contributed by atoms with Crippen molar-refractivity contribution in [2.75, 3.05) is 5.32 Å². The first-order chi connectivity index (χ1) is 9.71.